The molecule has 1 aromatic heterocycles. The first kappa shape index (κ1) is 15.5. The lowest BCUT2D eigenvalue weighted by atomic mass is 10.2. The predicted octanol–water partition coefficient (Wildman–Crippen LogP) is 0.428. The van der Waals surface area contributed by atoms with E-state index in [9.17, 15) is 8.42 Å². The molecule has 1 N–H and O–H groups in total. The first-order valence-corrected chi connectivity index (χ1v) is 9.54. The van der Waals surface area contributed by atoms with Gasteiger partial charge < -0.3 is 10.2 Å². The maximum Gasteiger partial charge on any atom is 0.226 e. The molecule has 1 fully saturated rings. The summed E-state index contributed by atoms with van der Waals surface area (Å²) < 4.78 is 23.8. The van der Waals surface area contributed by atoms with E-state index >= 15 is 0 Å². The predicted molar refractivity (Wildman–Crippen MR) is 82.8 cm³/mol. The molecule has 0 amide bonds. The molecule has 1 atom stereocenters. The van der Waals surface area contributed by atoms with Gasteiger partial charge in [0.2, 0.25) is 5.95 Å². The quantitative estimate of drug-likeness (QED) is 0.863. The van der Waals surface area contributed by atoms with Gasteiger partial charge in [0.05, 0.1) is 0 Å². The smallest absolute Gasteiger partial charge is 0.226 e. The number of anilines is 1. The molecular formula is C12H20N4O2S2. The summed E-state index contributed by atoms with van der Waals surface area (Å²) in [6.07, 6.45) is 3.05. The van der Waals surface area contributed by atoms with Crippen molar-refractivity contribution in [1.29, 1.82) is 0 Å². The van der Waals surface area contributed by atoms with E-state index < -0.39 is 15.2 Å². The van der Waals surface area contributed by atoms with Crippen molar-refractivity contribution in [3.8, 4) is 0 Å². The van der Waals surface area contributed by atoms with Gasteiger partial charge in [0.25, 0.3) is 0 Å². The number of nitrogens with zero attached hydrogens (tertiary/aromatic N) is 3. The Morgan fingerprint density at radius 2 is 2.30 bits per heavy atom. The van der Waals surface area contributed by atoms with Gasteiger partial charge in [-0.2, -0.15) is 11.8 Å². The van der Waals surface area contributed by atoms with Gasteiger partial charge in [0.15, 0.2) is 9.84 Å². The second kappa shape index (κ2) is 6.28. The van der Waals surface area contributed by atoms with Gasteiger partial charge >= 0.3 is 0 Å². The summed E-state index contributed by atoms with van der Waals surface area (Å²) in [5, 5.41) is 2.53. The Morgan fingerprint density at radius 1 is 1.55 bits per heavy atom. The molecule has 1 aromatic rings. The molecule has 6 nitrogen and oxygen atoms in total. The Kier molecular flexibility index (Phi) is 4.87. The zero-order valence-corrected chi connectivity index (χ0v) is 13.6. The highest BCUT2D eigenvalue weighted by Gasteiger charge is 2.32. The fraction of sp³-hybridized carbons (Fsp3) is 0.667. The lowest BCUT2D eigenvalue weighted by Crippen LogP contribution is -2.47. The third kappa shape index (κ3) is 3.42. The van der Waals surface area contributed by atoms with Crippen LogP contribution in [0.15, 0.2) is 6.20 Å². The molecule has 0 radical (unpaired) electrons. The molecule has 20 heavy (non-hydrogen) atoms. The largest absolute Gasteiger partial charge is 0.322 e. The van der Waals surface area contributed by atoms with Crippen LogP contribution in [0.2, 0.25) is 0 Å². The van der Waals surface area contributed by atoms with E-state index in [1.165, 1.54) is 6.26 Å². The van der Waals surface area contributed by atoms with Gasteiger partial charge in [-0.05, 0) is 14.0 Å². The van der Waals surface area contributed by atoms with Crippen molar-refractivity contribution in [3.05, 3.63) is 17.5 Å². The van der Waals surface area contributed by atoms with E-state index in [1.54, 1.807) is 18.0 Å². The van der Waals surface area contributed by atoms with E-state index in [0.717, 1.165) is 17.0 Å². The highest BCUT2D eigenvalue weighted by atomic mass is 32.2. The maximum atomic E-state index is 11.9. The van der Waals surface area contributed by atoms with Crippen LogP contribution in [0.5, 0.6) is 0 Å². The van der Waals surface area contributed by atoms with Gasteiger partial charge in [-0.1, -0.05) is 0 Å². The number of thioether (sulfide) groups is 1. The topological polar surface area (TPSA) is 75.2 Å². The van der Waals surface area contributed by atoms with Crippen LogP contribution in [-0.2, 0) is 16.4 Å². The number of aryl methyl sites for hydroxylation is 1. The Balaban J connectivity index is 2.31. The molecule has 8 heteroatoms. The molecule has 1 unspecified atom stereocenters. The van der Waals surface area contributed by atoms with E-state index in [2.05, 4.69) is 15.3 Å². The Bertz CT molecular complexity index is 577. The van der Waals surface area contributed by atoms with Crippen LogP contribution in [0, 0.1) is 6.92 Å². The van der Waals surface area contributed by atoms with Crippen LogP contribution in [0.3, 0.4) is 0 Å². The summed E-state index contributed by atoms with van der Waals surface area (Å²) in [6, 6.07) is 0. The standard InChI is InChI=1S/C12H20N4O2S2/c1-9-10(6-13-2)7-14-12(15-9)16-4-5-19-8-11(16)20(3,17)18/h7,11,13H,4-6,8H2,1-3H3. The number of rotatable bonds is 4. The summed E-state index contributed by atoms with van der Waals surface area (Å²) in [7, 11) is -1.27. The molecule has 1 saturated heterocycles. The third-order valence-electron chi connectivity index (χ3n) is 3.27. The minimum absolute atomic E-state index is 0.512. The molecule has 112 valence electrons. The minimum Gasteiger partial charge on any atom is -0.322 e. The van der Waals surface area contributed by atoms with Crippen molar-refractivity contribution in [2.45, 2.75) is 18.8 Å². The number of nitrogens with one attached hydrogen (secondary N) is 1. The molecule has 0 spiro atoms. The van der Waals surface area contributed by atoms with Crippen LogP contribution in [0.25, 0.3) is 0 Å². The molecule has 1 aliphatic rings. The highest BCUT2D eigenvalue weighted by molar-refractivity contribution is 8.01. The number of sulfone groups is 1. The SMILES string of the molecule is CNCc1cnc(N2CCSCC2S(C)(=O)=O)nc1C. The summed E-state index contributed by atoms with van der Waals surface area (Å²) in [5.41, 5.74) is 1.91. The second-order valence-electron chi connectivity index (χ2n) is 4.86. The molecule has 2 heterocycles. The molecule has 0 aliphatic carbocycles. The average molecular weight is 316 g/mol. The first-order valence-electron chi connectivity index (χ1n) is 6.44. The fourth-order valence-electron chi connectivity index (χ4n) is 2.15. The lowest BCUT2D eigenvalue weighted by molar-refractivity contribution is 0.582. The van der Waals surface area contributed by atoms with E-state index in [4.69, 9.17) is 0 Å². The lowest BCUT2D eigenvalue weighted by Gasteiger charge is -2.34. The zero-order valence-electron chi connectivity index (χ0n) is 12.0. The molecule has 2 rings (SSSR count). The average Bonchev–Trinajstić information content (AvgIpc) is 2.40. The minimum atomic E-state index is -3.14. The van der Waals surface area contributed by atoms with Gasteiger partial charge in [0, 0.05) is 48.3 Å². The van der Waals surface area contributed by atoms with Crippen LogP contribution in [0.1, 0.15) is 11.3 Å². The highest BCUT2D eigenvalue weighted by Crippen LogP contribution is 2.24. The monoisotopic (exact) mass is 316 g/mol. The van der Waals surface area contributed by atoms with Crippen LogP contribution in [0.4, 0.5) is 5.95 Å². The fourth-order valence-corrected chi connectivity index (χ4v) is 4.96. The van der Waals surface area contributed by atoms with E-state index in [0.29, 0.717) is 24.8 Å². The summed E-state index contributed by atoms with van der Waals surface area (Å²) in [6.45, 7) is 3.29. The molecular weight excluding hydrogens is 296 g/mol. The van der Waals surface area contributed by atoms with Crippen molar-refractivity contribution in [3.63, 3.8) is 0 Å². The van der Waals surface area contributed by atoms with E-state index in [1.807, 2.05) is 18.9 Å². The van der Waals surface area contributed by atoms with Crippen LogP contribution in [-0.4, -0.2) is 55.1 Å². The Hall–Kier alpha value is -0.860. The van der Waals surface area contributed by atoms with Crippen LogP contribution >= 0.6 is 11.8 Å². The summed E-state index contributed by atoms with van der Waals surface area (Å²) in [5.74, 6) is 1.98. The third-order valence-corrected chi connectivity index (χ3v) is 5.91. The van der Waals surface area contributed by atoms with Crippen molar-refractivity contribution in [2.75, 3.05) is 36.3 Å². The number of hydrogen-bond acceptors (Lipinski definition) is 7. The first-order chi connectivity index (χ1) is 9.43. The van der Waals surface area contributed by atoms with Crippen LogP contribution < -0.4 is 10.2 Å². The normalized spacial score (nSPS) is 20.1. The van der Waals surface area contributed by atoms with E-state index in [-0.39, 0.29) is 0 Å². The molecule has 0 saturated carbocycles. The Labute approximate surface area is 124 Å². The summed E-state index contributed by atoms with van der Waals surface area (Å²) >= 11 is 1.66. The maximum absolute atomic E-state index is 11.9. The molecule has 0 bridgehead atoms. The van der Waals surface area contributed by atoms with Crippen molar-refractivity contribution >= 4 is 27.5 Å². The zero-order chi connectivity index (χ0) is 14.8. The van der Waals surface area contributed by atoms with Gasteiger partial charge in [-0.3, -0.25) is 0 Å². The summed E-state index contributed by atoms with van der Waals surface area (Å²) in [4.78, 5) is 10.6. The van der Waals surface area contributed by atoms with Gasteiger partial charge in [0.1, 0.15) is 5.37 Å². The van der Waals surface area contributed by atoms with Gasteiger partial charge in [-0.15, -0.1) is 0 Å². The molecule has 0 aromatic carbocycles. The Morgan fingerprint density at radius 3 is 2.90 bits per heavy atom. The second-order valence-corrected chi connectivity index (χ2v) is 8.22. The van der Waals surface area contributed by atoms with Crippen molar-refractivity contribution in [1.82, 2.24) is 15.3 Å². The number of hydrogen-bond donors (Lipinski definition) is 1. The van der Waals surface area contributed by atoms with Gasteiger partial charge in [-0.25, -0.2) is 18.4 Å². The van der Waals surface area contributed by atoms with Crippen molar-refractivity contribution < 1.29 is 8.42 Å². The van der Waals surface area contributed by atoms with Crippen molar-refractivity contribution in [2.24, 2.45) is 0 Å². The molecule has 1 aliphatic heterocycles. The number of aromatic nitrogens is 2.